The van der Waals surface area contributed by atoms with Crippen LogP contribution < -0.4 is 5.32 Å². The van der Waals surface area contributed by atoms with Crippen molar-refractivity contribution < 1.29 is 9.18 Å². The van der Waals surface area contributed by atoms with Gasteiger partial charge in [-0.3, -0.25) is 4.79 Å². The Balaban J connectivity index is 2.09. The maximum absolute atomic E-state index is 13.5. The van der Waals surface area contributed by atoms with Crippen LogP contribution in [0, 0.1) is 19.7 Å². The summed E-state index contributed by atoms with van der Waals surface area (Å²) in [5.41, 5.74) is 1.08. The maximum atomic E-state index is 13.5. The normalized spacial score (nSPS) is 10.5. The van der Waals surface area contributed by atoms with E-state index in [-0.39, 0.29) is 22.9 Å². The van der Waals surface area contributed by atoms with E-state index in [9.17, 15) is 9.18 Å². The number of hydrogen-bond acceptors (Lipinski definition) is 3. The summed E-state index contributed by atoms with van der Waals surface area (Å²) in [4.78, 5) is 17.1. The number of thiazole rings is 1. The number of halogens is 2. The number of nitrogens with one attached hydrogen (secondary N) is 1. The van der Waals surface area contributed by atoms with Crippen LogP contribution in [0.5, 0.6) is 0 Å². The van der Waals surface area contributed by atoms with E-state index in [1.165, 1.54) is 23.5 Å². The molecule has 0 aliphatic heterocycles. The summed E-state index contributed by atoms with van der Waals surface area (Å²) < 4.78 is 13.5. The van der Waals surface area contributed by atoms with Crippen LogP contribution in [0.2, 0.25) is 5.02 Å². The van der Waals surface area contributed by atoms with Crippen LogP contribution in [0.25, 0.3) is 0 Å². The fourth-order valence-electron chi connectivity index (χ4n) is 1.55. The molecule has 100 valence electrons. The van der Waals surface area contributed by atoms with Crippen molar-refractivity contribution in [3.05, 3.63) is 45.2 Å². The van der Waals surface area contributed by atoms with Gasteiger partial charge in [0.25, 0.3) is 0 Å². The fourth-order valence-corrected chi connectivity index (χ4v) is 2.61. The van der Waals surface area contributed by atoms with Crippen LogP contribution >= 0.6 is 22.9 Å². The van der Waals surface area contributed by atoms with Gasteiger partial charge in [0, 0.05) is 15.5 Å². The van der Waals surface area contributed by atoms with Crippen molar-refractivity contribution >= 4 is 34.0 Å². The predicted molar refractivity (Wildman–Crippen MR) is 75.3 cm³/mol. The zero-order chi connectivity index (χ0) is 14.0. The number of nitrogens with zero attached hydrogens (tertiary/aromatic N) is 1. The summed E-state index contributed by atoms with van der Waals surface area (Å²) in [6, 6.07) is 4.35. The van der Waals surface area contributed by atoms with E-state index in [1.807, 2.05) is 13.8 Å². The van der Waals surface area contributed by atoms with Crippen LogP contribution in [0.1, 0.15) is 16.1 Å². The number of aromatic nitrogens is 1. The minimum Gasteiger partial charge on any atom is -0.302 e. The molecule has 2 rings (SSSR count). The molecule has 2 aromatic rings. The highest BCUT2D eigenvalue weighted by molar-refractivity contribution is 7.15. The second kappa shape index (κ2) is 5.67. The smallest absolute Gasteiger partial charge is 0.230 e. The topological polar surface area (TPSA) is 42.0 Å². The molecule has 0 aliphatic carbocycles. The third kappa shape index (κ3) is 3.30. The molecule has 1 N–H and O–H groups in total. The Hall–Kier alpha value is -1.46. The SMILES string of the molecule is Cc1nc(NC(=O)Cc2c(F)cccc2Cl)sc1C. The number of carbonyl (C=O) groups excluding carboxylic acids is 1. The van der Waals surface area contributed by atoms with E-state index < -0.39 is 5.82 Å². The second-order valence-corrected chi connectivity index (χ2v) is 5.70. The summed E-state index contributed by atoms with van der Waals surface area (Å²) in [6.45, 7) is 3.80. The average molecular weight is 299 g/mol. The Morgan fingerprint density at radius 3 is 2.79 bits per heavy atom. The Morgan fingerprint density at radius 2 is 2.21 bits per heavy atom. The Bertz CT molecular complexity index is 587. The fraction of sp³-hybridized carbons (Fsp3) is 0.231. The zero-order valence-corrected chi connectivity index (χ0v) is 12.0. The van der Waals surface area contributed by atoms with E-state index in [1.54, 1.807) is 6.07 Å². The highest BCUT2D eigenvalue weighted by atomic mass is 35.5. The van der Waals surface area contributed by atoms with Crippen LogP contribution in [0.4, 0.5) is 9.52 Å². The molecule has 0 saturated carbocycles. The highest BCUT2D eigenvalue weighted by Gasteiger charge is 2.13. The van der Waals surface area contributed by atoms with Gasteiger partial charge >= 0.3 is 0 Å². The lowest BCUT2D eigenvalue weighted by Gasteiger charge is -2.05. The lowest BCUT2D eigenvalue weighted by molar-refractivity contribution is -0.115. The van der Waals surface area contributed by atoms with Gasteiger partial charge in [-0.05, 0) is 26.0 Å². The van der Waals surface area contributed by atoms with Gasteiger partial charge in [0.05, 0.1) is 12.1 Å². The number of hydrogen-bond donors (Lipinski definition) is 1. The van der Waals surface area contributed by atoms with E-state index >= 15 is 0 Å². The molecule has 19 heavy (non-hydrogen) atoms. The van der Waals surface area contributed by atoms with E-state index in [2.05, 4.69) is 10.3 Å². The van der Waals surface area contributed by atoms with Crippen molar-refractivity contribution in [3.63, 3.8) is 0 Å². The third-order valence-corrected chi connectivity index (χ3v) is 4.02. The highest BCUT2D eigenvalue weighted by Crippen LogP contribution is 2.23. The largest absolute Gasteiger partial charge is 0.302 e. The van der Waals surface area contributed by atoms with Crippen molar-refractivity contribution in [3.8, 4) is 0 Å². The molecular formula is C13H12ClFN2OS. The molecule has 6 heteroatoms. The maximum Gasteiger partial charge on any atom is 0.230 e. The van der Waals surface area contributed by atoms with Gasteiger partial charge < -0.3 is 5.32 Å². The standard InChI is InChI=1S/C13H12ClFN2OS/c1-7-8(2)19-13(16-7)17-12(18)6-9-10(14)4-3-5-11(9)15/h3-5H,6H2,1-2H3,(H,16,17,18). The van der Waals surface area contributed by atoms with Gasteiger partial charge in [0.15, 0.2) is 5.13 Å². The first-order valence-corrected chi connectivity index (χ1v) is 6.83. The van der Waals surface area contributed by atoms with Crippen molar-refractivity contribution in [2.24, 2.45) is 0 Å². The van der Waals surface area contributed by atoms with Gasteiger partial charge in [-0.1, -0.05) is 17.7 Å². The summed E-state index contributed by atoms with van der Waals surface area (Å²) in [5, 5.41) is 3.42. The minimum absolute atomic E-state index is 0.108. The quantitative estimate of drug-likeness (QED) is 0.938. The van der Waals surface area contributed by atoms with Crippen LogP contribution in [0.3, 0.4) is 0 Å². The number of rotatable bonds is 3. The Labute approximate surface area is 119 Å². The molecule has 0 aliphatic rings. The molecule has 0 saturated heterocycles. The Morgan fingerprint density at radius 1 is 1.47 bits per heavy atom. The first-order valence-electron chi connectivity index (χ1n) is 5.64. The first kappa shape index (κ1) is 14.0. The molecular weight excluding hydrogens is 287 g/mol. The van der Waals surface area contributed by atoms with Gasteiger partial charge in [-0.25, -0.2) is 9.37 Å². The van der Waals surface area contributed by atoms with Crippen molar-refractivity contribution in [1.29, 1.82) is 0 Å². The molecule has 0 radical (unpaired) electrons. The molecule has 0 unspecified atom stereocenters. The lowest BCUT2D eigenvalue weighted by atomic mass is 10.1. The molecule has 0 bridgehead atoms. The average Bonchev–Trinajstić information content (AvgIpc) is 2.63. The van der Waals surface area contributed by atoms with Gasteiger partial charge in [-0.15, -0.1) is 11.3 Å². The molecule has 0 spiro atoms. The minimum atomic E-state index is -0.478. The van der Waals surface area contributed by atoms with Crippen molar-refractivity contribution in [2.75, 3.05) is 5.32 Å². The number of anilines is 1. The summed E-state index contributed by atoms with van der Waals surface area (Å²) in [7, 11) is 0. The number of carbonyl (C=O) groups is 1. The molecule has 1 heterocycles. The van der Waals surface area contributed by atoms with Crippen LogP contribution in [-0.2, 0) is 11.2 Å². The van der Waals surface area contributed by atoms with Gasteiger partial charge in [0.2, 0.25) is 5.91 Å². The third-order valence-electron chi connectivity index (χ3n) is 2.67. The Kier molecular flexibility index (Phi) is 4.17. The number of amides is 1. The summed E-state index contributed by atoms with van der Waals surface area (Å²) >= 11 is 7.26. The van der Waals surface area contributed by atoms with E-state index in [0.29, 0.717) is 5.13 Å². The van der Waals surface area contributed by atoms with Gasteiger partial charge in [0.1, 0.15) is 5.82 Å². The van der Waals surface area contributed by atoms with Crippen molar-refractivity contribution in [2.45, 2.75) is 20.3 Å². The zero-order valence-electron chi connectivity index (χ0n) is 10.5. The molecule has 1 amide bonds. The first-order chi connectivity index (χ1) is 8.97. The molecule has 1 aromatic heterocycles. The molecule has 3 nitrogen and oxygen atoms in total. The molecule has 1 aromatic carbocycles. The monoisotopic (exact) mass is 298 g/mol. The molecule has 0 fully saturated rings. The number of aryl methyl sites for hydroxylation is 2. The van der Waals surface area contributed by atoms with E-state index in [0.717, 1.165) is 10.6 Å². The van der Waals surface area contributed by atoms with Crippen LogP contribution in [0.15, 0.2) is 18.2 Å². The predicted octanol–water partition coefficient (Wildman–Crippen LogP) is 3.73. The van der Waals surface area contributed by atoms with Gasteiger partial charge in [-0.2, -0.15) is 0 Å². The summed E-state index contributed by atoms with van der Waals surface area (Å²) in [6.07, 6.45) is -0.108. The molecule has 0 atom stereocenters. The van der Waals surface area contributed by atoms with E-state index in [4.69, 9.17) is 11.6 Å². The lowest BCUT2D eigenvalue weighted by Crippen LogP contribution is -2.15. The summed E-state index contributed by atoms with van der Waals surface area (Å²) in [5.74, 6) is -0.810. The van der Waals surface area contributed by atoms with Crippen LogP contribution in [-0.4, -0.2) is 10.9 Å². The second-order valence-electron chi connectivity index (χ2n) is 4.09. The number of benzene rings is 1. The van der Waals surface area contributed by atoms with Crippen molar-refractivity contribution in [1.82, 2.24) is 4.98 Å².